The van der Waals surface area contributed by atoms with Crippen molar-refractivity contribution >= 4 is 5.91 Å². The van der Waals surface area contributed by atoms with Gasteiger partial charge in [-0.05, 0) is 19.1 Å². The molecule has 1 rings (SSSR count). The predicted octanol–water partition coefficient (Wildman–Crippen LogP) is 1.29. The molecule has 0 bridgehead atoms. The predicted molar refractivity (Wildman–Crippen MR) is 56.7 cm³/mol. The van der Waals surface area contributed by atoms with Crippen LogP contribution in [0.15, 0.2) is 16.5 Å². The second-order valence-corrected chi connectivity index (χ2v) is 3.65. The van der Waals surface area contributed by atoms with E-state index in [2.05, 4.69) is 0 Å². The zero-order chi connectivity index (χ0) is 11.4. The van der Waals surface area contributed by atoms with Crippen LogP contribution in [0.1, 0.15) is 30.2 Å². The molecule has 0 saturated heterocycles. The number of hydrogen-bond acceptors (Lipinski definition) is 3. The molecule has 4 heteroatoms. The molecule has 0 fully saturated rings. The highest BCUT2D eigenvalue weighted by atomic mass is 16.4. The van der Waals surface area contributed by atoms with Crippen LogP contribution in [-0.2, 0) is 6.42 Å². The number of aliphatic hydroxyl groups excluding tert-OH is 1. The van der Waals surface area contributed by atoms with E-state index in [-0.39, 0.29) is 5.91 Å². The summed E-state index contributed by atoms with van der Waals surface area (Å²) in [5, 5.41) is 9.15. The maximum atomic E-state index is 11.7. The van der Waals surface area contributed by atoms with Crippen molar-refractivity contribution in [2.24, 2.45) is 0 Å². The zero-order valence-corrected chi connectivity index (χ0v) is 9.36. The van der Waals surface area contributed by atoms with Crippen LogP contribution in [0.3, 0.4) is 0 Å². The van der Waals surface area contributed by atoms with Gasteiger partial charge in [0.05, 0.1) is 6.10 Å². The lowest BCUT2D eigenvalue weighted by Gasteiger charge is -2.17. The Morgan fingerprint density at radius 3 is 2.73 bits per heavy atom. The minimum Gasteiger partial charge on any atom is -0.456 e. The number of carbonyl (C=O) groups excluding carboxylic acids is 1. The van der Waals surface area contributed by atoms with Crippen molar-refractivity contribution in [3.63, 3.8) is 0 Å². The van der Waals surface area contributed by atoms with E-state index in [9.17, 15) is 4.79 Å². The van der Waals surface area contributed by atoms with Gasteiger partial charge in [0.1, 0.15) is 5.76 Å². The highest BCUT2D eigenvalue weighted by Gasteiger charge is 2.16. The highest BCUT2D eigenvalue weighted by Crippen LogP contribution is 2.10. The van der Waals surface area contributed by atoms with Crippen LogP contribution in [0.25, 0.3) is 0 Å². The van der Waals surface area contributed by atoms with E-state index in [0.29, 0.717) is 12.3 Å². The normalized spacial score (nSPS) is 12.5. The lowest BCUT2D eigenvalue weighted by Crippen LogP contribution is -2.32. The molecule has 15 heavy (non-hydrogen) atoms. The maximum absolute atomic E-state index is 11.7. The van der Waals surface area contributed by atoms with Gasteiger partial charge in [0.25, 0.3) is 5.91 Å². The fourth-order valence-electron chi connectivity index (χ4n) is 1.35. The molecule has 1 atom stereocenters. The Bertz CT molecular complexity index is 330. The molecule has 1 amide bonds. The number of hydrogen-bond donors (Lipinski definition) is 1. The van der Waals surface area contributed by atoms with E-state index >= 15 is 0 Å². The van der Waals surface area contributed by atoms with Gasteiger partial charge >= 0.3 is 0 Å². The number of amides is 1. The van der Waals surface area contributed by atoms with Gasteiger partial charge in [-0.15, -0.1) is 0 Å². The van der Waals surface area contributed by atoms with Crippen molar-refractivity contribution in [3.05, 3.63) is 23.7 Å². The van der Waals surface area contributed by atoms with Gasteiger partial charge in [0, 0.05) is 20.0 Å². The summed E-state index contributed by atoms with van der Waals surface area (Å²) < 4.78 is 5.32. The molecule has 0 aliphatic carbocycles. The van der Waals surface area contributed by atoms with Crippen molar-refractivity contribution in [2.45, 2.75) is 26.4 Å². The van der Waals surface area contributed by atoms with E-state index in [0.717, 1.165) is 12.2 Å². The van der Waals surface area contributed by atoms with E-state index in [1.54, 1.807) is 26.1 Å². The Morgan fingerprint density at radius 2 is 2.27 bits per heavy atom. The molecule has 0 radical (unpaired) electrons. The maximum Gasteiger partial charge on any atom is 0.289 e. The first-order valence-corrected chi connectivity index (χ1v) is 5.06. The molecule has 0 aliphatic rings. The summed E-state index contributed by atoms with van der Waals surface area (Å²) in [7, 11) is 1.64. The van der Waals surface area contributed by atoms with Gasteiger partial charge in [0.15, 0.2) is 5.76 Å². The van der Waals surface area contributed by atoms with Crippen LogP contribution in [0.5, 0.6) is 0 Å². The molecule has 1 N–H and O–H groups in total. The molecule has 1 heterocycles. The molecule has 0 saturated carbocycles. The first-order valence-electron chi connectivity index (χ1n) is 5.06. The Kier molecular flexibility index (Phi) is 3.91. The van der Waals surface area contributed by atoms with Gasteiger partial charge < -0.3 is 14.4 Å². The summed E-state index contributed by atoms with van der Waals surface area (Å²) in [5.41, 5.74) is 0. The number of carbonyl (C=O) groups is 1. The SMILES string of the molecule is CCc1ccc(C(=O)N(C)CC(C)O)o1. The smallest absolute Gasteiger partial charge is 0.289 e. The lowest BCUT2D eigenvalue weighted by atomic mass is 10.3. The number of aliphatic hydroxyl groups is 1. The molecule has 1 unspecified atom stereocenters. The van der Waals surface area contributed by atoms with Crippen LogP contribution in [-0.4, -0.2) is 35.6 Å². The second kappa shape index (κ2) is 4.98. The van der Waals surface area contributed by atoms with Crippen LogP contribution in [0.2, 0.25) is 0 Å². The van der Waals surface area contributed by atoms with E-state index < -0.39 is 6.10 Å². The molecule has 0 aliphatic heterocycles. The summed E-state index contributed by atoms with van der Waals surface area (Å²) in [6.45, 7) is 3.91. The lowest BCUT2D eigenvalue weighted by molar-refractivity contribution is 0.0672. The van der Waals surface area contributed by atoms with Crippen molar-refractivity contribution < 1.29 is 14.3 Å². The summed E-state index contributed by atoms with van der Waals surface area (Å²) in [5.74, 6) is 0.925. The average molecular weight is 211 g/mol. The van der Waals surface area contributed by atoms with Crippen molar-refractivity contribution in [1.29, 1.82) is 0 Å². The van der Waals surface area contributed by atoms with Crippen molar-refractivity contribution in [1.82, 2.24) is 4.90 Å². The largest absolute Gasteiger partial charge is 0.456 e. The van der Waals surface area contributed by atoms with Gasteiger partial charge in [-0.3, -0.25) is 4.79 Å². The fraction of sp³-hybridized carbons (Fsp3) is 0.545. The Morgan fingerprint density at radius 1 is 1.60 bits per heavy atom. The number of nitrogens with zero attached hydrogens (tertiary/aromatic N) is 1. The topological polar surface area (TPSA) is 53.7 Å². The fourth-order valence-corrected chi connectivity index (χ4v) is 1.35. The van der Waals surface area contributed by atoms with Gasteiger partial charge in [-0.1, -0.05) is 6.92 Å². The van der Waals surface area contributed by atoms with E-state index in [1.165, 1.54) is 4.90 Å². The standard InChI is InChI=1S/C11H17NO3/c1-4-9-5-6-10(15-9)11(14)12(3)7-8(2)13/h5-6,8,13H,4,7H2,1-3H3. The van der Waals surface area contributed by atoms with Crippen LogP contribution in [0.4, 0.5) is 0 Å². The summed E-state index contributed by atoms with van der Waals surface area (Å²) in [6.07, 6.45) is 0.243. The van der Waals surface area contributed by atoms with E-state index in [1.807, 2.05) is 6.92 Å². The third-order valence-corrected chi connectivity index (χ3v) is 2.11. The second-order valence-electron chi connectivity index (χ2n) is 3.65. The molecule has 0 aromatic carbocycles. The summed E-state index contributed by atoms with van der Waals surface area (Å²) >= 11 is 0. The Hall–Kier alpha value is -1.29. The Labute approximate surface area is 89.5 Å². The molecular formula is C11H17NO3. The van der Waals surface area contributed by atoms with Gasteiger partial charge in [0.2, 0.25) is 0 Å². The summed E-state index contributed by atoms with van der Waals surface area (Å²) in [6, 6.07) is 3.46. The van der Waals surface area contributed by atoms with Crippen LogP contribution >= 0.6 is 0 Å². The molecule has 1 aromatic heterocycles. The number of aryl methyl sites for hydroxylation is 1. The average Bonchev–Trinajstić information content (AvgIpc) is 2.63. The molecule has 84 valence electrons. The first-order chi connectivity index (χ1) is 7.04. The third-order valence-electron chi connectivity index (χ3n) is 2.11. The molecule has 1 aromatic rings. The minimum atomic E-state index is -0.528. The molecule has 0 spiro atoms. The quantitative estimate of drug-likeness (QED) is 0.816. The number of likely N-dealkylation sites (N-methyl/N-ethyl adjacent to an activating group) is 1. The molecular weight excluding hydrogens is 194 g/mol. The van der Waals surface area contributed by atoms with Gasteiger partial charge in [-0.25, -0.2) is 0 Å². The minimum absolute atomic E-state index is 0.199. The van der Waals surface area contributed by atoms with Gasteiger partial charge in [-0.2, -0.15) is 0 Å². The number of furan rings is 1. The molecule has 4 nitrogen and oxygen atoms in total. The first kappa shape index (κ1) is 11.8. The van der Waals surface area contributed by atoms with Crippen LogP contribution < -0.4 is 0 Å². The van der Waals surface area contributed by atoms with Crippen molar-refractivity contribution in [2.75, 3.05) is 13.6 Å². The van der Waals surface area contributed by atoms with Crippen molar-refractivity contribution in [3.8, 4) is 0 Å². The third kappa shape index (κ3) is 3.09. The number of rotatable bonds is 4. The van der Waals surface area contributed by atoms with Crippen LogP contribution in [0, 0.1) is 0 Å². The summed E-state index contributed by atoms with van der Waals surface area (Å²) in [4.78, 5) is 13.2. The highest BCUT2D eigenvalue weighted by molar-refractivity contribution is 5.91. The Balaban J connectivity index is 2.67. The van der Waals surface area contributed by atoms with E-state index in [4.69, 9.17) is 9.52 Å². The monoisotopic (exact) mass is 211 g/mol. The zero-order valence-electron chi connectivity index (χ0n) is 9.36.